The van der Waals surface area contributed by atoms with E-state index in [1.807, 2.05) is 0 Å². The molecule has 0 aliphatic heterocycles. The van der Waals surface area contributed by atoms with E-state index in [-0.39, 0.29) is 11.6 Å². The molecular weight excluding hydrogens is 415 g/mol. The molecule has 0 N–H and O–H groups in total. The molecule has 152 valence electrons. The maximum atomic E-state index is 13.3. The van der Waals surface area contributed by atoms with Gasteiger partial charge in [-0.05, 0) is 0 Å². The summed E-state index contributed by atoms with van der Waals surface area (Å²) in [6.07, 6.45) is -12.0. The lowest BCUT2D eigenvalue weighted by atomic mass is 9.90. The van der Waals surface area contributed by atoms with Crippen molar-refractivity contribution in [3.05, 3.63) is 11.4 Å². The fourth-order valence-electron chi connectivity index (χ4n) is 1.37. The minimum Gasteiger partial charge on any atom is -0.269 e. The van der Waals surface area contributed by atoms with Crippen molar-refractivity contribution in [2.45, 2.75) is 43.0 Å². The molecule has 0 heterocycles. The van der Waals surface area contributed by atoms with Gasteiger partial charge in [0.05, 0.1) is 12.6 Å². The van der Waals surface area contributed by atoms with E-state index in [1.54, 1.807) is 0 Å². The third kappa shape index (κ3) is 4.45. The molecule has 3 atom stereocenters. The molecular formula is C11H10ClF13. The molecule has 14 heteroatoms. The van der Waals surface area contributed by atoms with Crippen LogP contribution in [-0.2, 0) is 0 Å². The molecule has 0 nitrogen and oxygen atoms in total. The van der Waals surface area contributed by atoms with Crippen molar-refractivity contribution in [2.24, 2.45) is 5.92 Å². The summed E-state index contributed by atoms with van der Waals surface area (Å²) in [5.41, 5.74) is 0. The Bertz CT molecular complexity index is 461. The predicted molar refractivity (Wildman–Crippen MR) is 62.3 cm³/mol. The topological polar surface area (TPSA) is 0 Å². The van der Waals surface area contributed by atoms with E-state index >= 15 is 0 Å². The number of allylic oxidation sites excluding steroid dienone is 1. The zero-order valence-electron chi connectivity index (χ0n) is 11.8. The van der Waals surface area contributed by atoms with Crippen molar-refractivity contribution in [2.75, 3.05) is 6.67 Å². The number of alkyl halides is 11. The Kier molecular flexibility index (Phi) is 8.65. The molecule has 0 aliphatic carbocycles. The Morgan fingerprint density at radius 1 is 0.920 bits per heavy atom. The molecule has 3 unspecified atom stereocenters. The van der Waals surface area contributed by atoms with Crippen LogP contribution in [-0.4, -0.2) is 42.7 Å². The average Bonchev–Trinajstić information content (AvgIpc) is 2.50. The van der Waals surface area contributed by atoms with Crippen LogP contribution in [0.15, 0.2) is 11.4 Å². The van der Waals surface area contributed by atoms with Gasteiger partial charge >= 0.3 is 17.8 Å². The van der Waals surface area contributed by atoms with E-state index in [0.717, 1.165) is 0 Å². The van der Waals surface area contributed by atoms with Gasteiger partial charge in [0, 0.05) is 0 Å². The van der Waals surface area contributed by atoms with Gasteiger partial charge in [-0.15, -0.1) is 0 Å². The van der Waals surface area contributed by atoms with Crippen molar-refractivity contribution < 1.29 is 57.4 Å². The zero-order valence-corrected chi connectivity index (χ0v) is 12.6. The highest BCUT2D eigenvalue weighted by molar-refractivity contribution is 6.30. The number of halogens is 14. The smallest absolute Gasteiger partial charge is 0.269 e. The maximum Gasteiger partial charge on any atom is 0.352 e. The first-order chi connectivity index (χ1) is 10.5. The van der Waals surface area contributed by atoms with Crippen LogP contribution in [0.25, 0.3) is 0 Å². The van der Waals surface area contributed by atoms with Crippen molar-refractivity contribution in [1.82, 2.24) is 0 Å². The van der Waals surface area contributed by atoms with Gasteiger partial charge in [0.2, 0.25) is 12.3 Å². The molecule has 0 radical (unpaired) electrons. The Morgan fingerprint density at radius 3 is 1.64 bits per heavy atom. The van der Waals surface area contributed by atoms with Gasteiger partial charge in [-0.2, -0.15) is 26.3 Å². The summed E-state index contributed by atoms with van der Waals surface area (Å²) in [7, 11) is 0. The Morgan fingerprint density at radius 2 is 1.32 bits per heavy atom. The van der Waals surface area contributed by atoms with E-state index in [9.17, 15) is 52.7 Å². The molecule has 0 aromatic carbocycles. The van der Waals surface area contributed by atoms with Gasteiger partial charge in [-0.1, -0.05) is 18.5 Å². The summed E-state index contributed by atoms with van der Waals surface area (Å²) in [5, 5.41) is -2.72. The molecule has 0 aliphatic rings. The molecule has 0 amide bonds. The van der Waals surface area contributed by atoms with Gasteiger partial charge in [0.15, 0.2) is 0 Å². The van der Waals surface area contributed by atoms with Crippen LogP contribution in [0.1, 0.15) is 6.92 Å². The minimum absolute atomic E-state index is 0. The Hall–Kier alpha value is -0.880. The fourth-order valence-corrected chi connectivity index (χ4v) is 1.49. The number of rotatable bonds is 8. The van der Waals surface area contributed by atoms with Gasteiger partial charge in [0.1, 0.15) is 11.4 Å². The molecule has 0 aromatic rings. The van der Waals surface area contributed by atoms with Crippen molar-refractivity contribution in [3.8, 4) is 0 Å². The molecule has 0 bridgehead atoms. The van der Waals surface area contributed by atoms with Gasteiger partial charge < -0.3 is 0 Å². The van der Waals surface area contributed by atoms with Crippen molar-refractivity contribution in [1.29, 1.82) is 0 Å². The van der Waals surface area contributed by atoms with Crippen molar-refractivity contribution in [3.63, 3.8) is 0 Å². The largest absolute Gasteiger partial charge is 0.352 e. The highest BCUT2D eigenvalue weighted by Crippen LogP contribution is 2.51. The molecule has 25 heavy (non-hydrogen) atoms. The quantitative estimate of drug-likeness (QED) is 0.419. The summed E-state index contributed by atoms with van der Waals surface area (Å²) < 4.78 is 156. The highest BCUT2D eigenvalue weighted by atomic mass is 35.5. The van der Waals surface area contributed by atoms with Crippen LogP contribution in [0.5, 0.6) is 0 Å². The summed E-state index contributed by atoms with van der Waals surface area (Å²) in [6.45, 7) is -1.89. The Balaban J connectivity index is 0. The Labute approximate surface area is 137 Å². The molecule has 0 saturated carbocycles. The predicted octanol–water partition coefficient (Wildman–Crippen LogP) is 6.01. The number of hydrogen-bond donors (Lipinski definition) is 0. The SMILES string of the molecule is CC(CF)C(F)(F)C(F)C(F)(F)C(F)C(F)(F)C(F)(F)C(Cl)=CF.F. The van der Waals surface area contributed by atoms with E-state index in [4.69, 9.17) is 0 Å². The normalized spacial score (nSPS) is 18.4. The highest BCUT2D eigenvalue weighted by Gasteiger charge is 2.74. The second kappa shape index (κ2) is 8.21. The first kappa shape index (κ1) is 26.4. The maximum absolute atomic E-state index is 13.3. The van der Waals surface area contributed by atoms with Crippen LogP contribution in [0, 0.1) is 5.92 Å². The van der Waals surface area contributed by atoms with E-state index in [2.05, 4.69) is 11.6 Å². The summed E-state index contributed by atoms with van der Waals surface area (Å²) in [4.78, 5) is 0. The third-order valence-electron chi connectivity index (χ3n) is 3.03. The first-order valence-electron chi connectivity index (χ1n) is 5.84. The number of hydrogen-bond acceptors (Lipinski definition) is 0. The molecule has 0 fully saturated rings. The van der Waals surface area contributed by atoms with Crippen LogP contribution in [0.3, 0.4) is 0 Å². The molecule has 0 rings (SSSR count). The van der Waals surface area contributed by atoms with E-state index in [1.165, 1.54) is 0 Å². The van der Waals surface area contributed by atoms with E-state index < -0.39 is 60.0 Å². The average molecular weight is 425 g/mol. The lowest BCUT2D eigenvalue weighted by Gasteiger charge is -2.36. The van der Waals surface area contributed by atoms with Crippen LogP contribution in [0.4, 0.5) is 57.4 Å². The van der Waals surface area contributed by atoms with Crippen LogP contribution >= 0.6 is 11.6 Å². The van der Waals surface area contributed by atoms with Crippen LogP contribution in [0.2, 0.25) is 0 Å². The molecule has 0 saturated heterocycles. The second-order valence-corrected chi connectivity index (χ2v) is 5.19. The standard InChI is InChI=1S/C11H9ClF12.FH/c1-4(2-13)8(17,18)6(15)9(19,20)7(16)11(23,24)10(21,22)5(12)3-14;/h3-4,6-7H,2H2,1H3;1H. The van der Waals surface area contributed by atoms with Gasteiger partial charge in [-0.25, -0.2) is 22.0 Å². The van der Waals surface area contributed by atoms with Crippen LogP contribution < -0.4 is 0 Å². The second-order valence-electron chi connectivity index (χ2n) is 4.78. The third-order valence-corrected chi connectivity index (χ3v) is 3.35. The van der Waals surface area contributed by atoms with Gasteiger partial charge in [-0.3, -0.25) is 9.09 Å². The fraction of sp³-hybridized carbons (Fsp3) is 0.818. The van der Waals surface area contributed by atoms with Crippen molar-refractivity contribution >= 4 is 11.6 Å². The lowest BCUT2D eigenvalue weighted by molar-refractivity contribution is -0.295. The minimum atomic E-state index is -6.56. The van der Waals surface area contributed by atoms with Gasteiger partial charge in [0.25, 0.3) is 5.92 Å². The monoisotopic (exact) mass is 424 g/mol. The summed E-state index contributed by atoms with van der Waals surface area (Å²) >= 11 is 4.33. The lowest BCUT2D eigenvalue weighted by Crippen LogP contribution is -2.61. The summed E-state index contributed by atoms with van der Waals surface area (Å²) in [5.74, 6) is -27.2. The van der Waals surface area contributed by atoms with E-state index in [0.29, 0.717) is 0 Å². The molecule has 0 aromatic heterocycles. The zero-order chi connectivity index (χ0) is 19.7. The summed E-state index contributed by atoms with van der Waals surface area (Å²) in [6, 6.07) is 0. The molecule has 0 spiro atoms. The first-order valence-corrected chi connectivity index (χ1v) is 6.22.